The Bertz CT molecular complexity index is 540. The molecule has 1 aromatic rings. The van der Waals surface area contributed by atoms with Crippen LogP contribution in [0.4, 0.5) is 10.7 Å². The number of rotatable bonds is 6. The second-order valence-electron chi connectivity index (χ2n) is 3.47. The number of nitrogen functional groups attached to an aromatic ring is 1. The summed E-state index contributed by atoms with van der Waals surface area (Å²) in [5.41, 5.74) is 5.03. The number of nitro groups is 1. The van der Waals surface area contributed by atoms with Gasteiger partial charge in [-0.2, -0.15) is 11.8 Å². The molecule has 0 bridgehead atoms. The second kappa shape index (κ2) is 5.87. The average Bonchev–Trinajstić information content (AvgIpc) is 2.69. The van der Waals surface area contributed by atoms with Gasteiger partial charge in [0.2, 0.25) is 10.0 Å². The van der Waals surface area contributed by atoms with Gasteiger partial charge in [-0.1, -0.05) is 18.3 Å². The van der Waals surface area contributed by atoms with Crippen LogP contribution in [0.3, 0.4) is 0 Å². The van der Waals surface area contributed by atoms with Crippen LogP contribution in [-0.4, -0.2) is 31.4 Å². The lowest BCUT2D eigenvalue weighted by molar-refractivity contribution is -0.383. The predicted octanol–water partition coefficient (Wildman–Crippen LogP) is 1.27. The van der Waals surface area contributed by atoms with E-state index < -0.39 is 14.9 Å². The van der Waals surface area contributed by atoms with E-state index in [1.807, 2.05) is 13.2 Å². The molecule has 0 aliphatic rings. The summed E-state index contributed by atoms with van der Waals surface area (Å²) < 4.78 is 26.0. The Morgan fingerprint density at radius 1 is 1.67 bits per heavy atom. The highest BCUT2D eigenvalue weighted by atomic mass is 32.2. The third-order valence-electron chi connectivity index (χ3n) is 2.14. The zero-order chi connectivity index (χ0) is 13.9. The number of nitrogens with two attached hydrogens (primary N) is 1. The van der Waals surface area contributed by atoms with Crippen molar-refractivity contribution in [3.8, 4) is 0 Å². The molecule has 3 N–H and O–H groups in total. The molecule has 0 amide bonds. The molecule has 102 valence electrons. The van der Waals surface area contributed by atoms with Crippen molar-refractivity contribution in [2.75, 3.05) is 18.5 Å². The monoisotopic (exact) mass is 311 g/mol. The summed E-state index contributed by atoms with van der Waals surface area (Å²) in [6.45, 7) is 2.13. The van der Waals surface area contributed by atoms with Crippen LogP contribution >= 0.6 is 23.1 Å². The van der Waals surface area contributed by atoms with E-state index in [1.165, 1.54) is 11.8 Å². The number of hydrogen-bond acceptors (Lipinski definition) is 7. The molecule has 0 aliphatic carbocycles. The molecule has 1 rings (SSSR count). The molecule has 1 unspecified atom stereocenters. The van der Waals surface area contributed by atoms with Crippen LogP contribution in [0, 0.1) is 10.1 Å². The molecule has 10 heteroatoms. The number of hydrogen-bond donors (Lipinski definition) is 2. The maximum Gasteiger partial charge on any atom is 0.304 e. The summed E-state index contributed by atoms with van der Waals surface area (Å²) in [6, 6.07) is 0.978. The maximum absolute atomic E-state index is 11.9. The Labute approximate surface area is 113 Å². The summed E-state index contributed by atoms with van der Waals surface area (Å²) in [5.74, 6) is 0. The van der Waals surface area contributed by atoms with Gasteiger partial charge in [0.15, 0.2) is 5.00 Å². The highest BCUT2D eigenvalue weighted by Gasteiger charge is 2.24. The normalized spacial score (nSPS) is 13.4. The average molecular weight is 311 g/mol. The number of sulfonamides is 1. The minimum Gasteiger partial charge on any atom is -0.385 e. The van der Waals surface area contributed by atoms with Crippen LogP contribution in [0.5, 0.6) is 0 Å². The molecular weight excluding hydrogens is 298 g/mol. The van der Waals surface area contributed by atoms with E-state index in [1.54, 1.807) is 0 Å². The molecule has 18 heavy (non-hydrogen) atoms. The van der Waals surface area contributed by atoms with Crippen molar-refractivity contribution < 1.29 is 13.3 Å². The van der Waals surface area contributed by atoms with Crippen molar-refractivity contribution in [3.63, 3.8) is 0 Å². The minimum atomic E-state index is -3.73. The zero-order valence-corrected chi connectivity index (χ0v) is 12.2. The van der Waals surface area contributed by atoms with E-state index in [0.717, 1.165) is 6.07 Å². The topological polar surface area (TPSA) is 115 Å². The van der Waals surface area contributed by atoms with Crippen LogP contribution in [0.25, 0.3) is 0 Å². The van der Waals surface area contributed by atoms with Crippen LogP contribution < -0.4 is 10.5 Å². The van der Waals surface area contributed by atoms with Crippen molar-refractivity contribution in [2.45, 2.75) is 16.4 Å². The zero-order valence-electron chi connectivity index (χ0n) is 9.74. The first-order chi connectivity index (χ1) is 8.27. The summed E-state index contributed by atoms with van der Waals surface area (Å²) in [4.78, 5) is 9.89. The lowest BCUT2D eigenvalue weighted by atomic mass is 10.5. The Kier molecular flexibility index (Phi) is 4.96. The fourth-order valence-electron chi connectivity index (χ4n) is 1.03. The van der Waals surface area contributed by atoms with Gasteiger partial charge in [0, 0.05) is 17.9 Å². The fourth-order valence-corrected chi connectivity index (χ4v) is 3.77. The predicted molar refractivity (Wildman–Crippen MR) is 73.6 cm³/mol. The molecular formula is C8H13N3O4S3. The Morgan fingerprint density at radius 3 is 2.72 bits per heavy atom. The van der Waals surface area contributed by atoms with Crippen molar-refractivity contribution in [1.29, 1.82) is 0 Å². The van der Waals surface area contributed by atoms with E-state index in [-0.39, 0.29) is 26.7 Å². The van der Waals surface area contributed by atoms with E-state index in [2.05, 4.69) is 4.72 Å². The summed E-state index contributed by atoms with van der Waals surface area (Å²) in [6.07, 6.45) is 1.87. The van der Waals surface area contributed by atoms with Gasteiger partial charge in [-0.05, 0) is 6.26 Å². The van der Waals surface area contributed by atoms with Gasteiger partial charge in [-0.25, -0.2) is 13.1 Å². The molecule has 0 aliphatic heterocycles. The van der Waals surface area contributed by atoms with Crippen LogP contribution in [0.15, 0.2) is 10.3 Å². The summed E-state index contributed by atoms with van der Waals surface area (Å²) in [7, 11) is -3.73. The number of thioether (sulfide) groups is 1. The smallest absolute Gasteiger partial charge is 0.304 e. The van der Waals surface area contributed by atoms with Gasteiger partial charge in [0.25, 0.3) is 0 Å². The number of nitrogens with zero attached hydrogens (tertiary/aromatic N) is 1. The summed E-state index contributed by atoms with van der Waals surface area (Å²) >= 11 is 2.21. The van der Waals surface area contributed by atoms with Gasteiger partial charge >= 0.3 is 5.69 Å². The van der Waals surface area contributed by atoms with E-state index in [0.29, 0.717) is 11.3 Å². The Hall–Kier alpha value is -0.840. The van der Waals surface area contributed by atoms with Gasteiger partial charge in [0.05, 0.1) is 4.92 Å². The number of nitrogens with one attached hydrogen (secondary N) is 1. The number of anilines is 1. The summed E-state index contributed by atoms with van der Waals surface area (Å²) in [5, 5.41) is 10.6. The first-order valence-electron chi connectivity index (χ1n) is 4.84. The van der Waals surface area contributed by atoms with Crippen LogP contribution in [-0.2, 0) is 10.0 Å². The molecule has 1 atom stereocenters. The highest BCUT2D eigenvalue weighted by molar-refractivity contribution is 7.99. The molecule has 7 nitrogen and oxygen atoms in total. The van der Waals surface area contributed by atoms with E-state index >= 15 is 0 Å². The molecule has 0 aromatic carbocycles. The van der Waals surface area contributed by atoms with E-state index in [4.69, 9.17) is 5.73 Å². The Morgan fingerprint density at radius 2 is 2.28 bits per heavy atom. The van der Waals surface area contributed by atoms with Gasteiger partial charge < -0.3 is 5.73 Å². The molecule has 0 fully saturated rings. The fraction of sp³-hybridized carbons (Fsp3) is 0.500. The minimum absolute atomic E-state index is 0.113. The molecule has 1 heterocycles. The van der Waals surface area contributed by atoms with E-state index in [9.17, 15) is 18.5 Å². The molecule has 1 aromatic heterocycles. The largest absolute Gasteiger partial charge is 0.385 e. The first-order valence-corrected chi connectivity index (χ1v) is 8.43. The lowest BCUT2D eigenvalue weighted by Crippen LogP contribution is -2.28. The number of thiophene rings is 1. The van der Waals surface area contributed by atoms with Crippen molar-refractivity contribution >= 4 is 43.8 Å². The van der Waals surface area contributed by atoms with Crippen LogP contribution in [0.2, 0.25) is 0 Å². The first kappa shape index (κ1) is 15.2. The lowest BCUT2D eigenvalue weighted by Gasteiger charge is -2.08. The van der Waals surface area contributed by atoms with Gasteiger partial charge in [0.1, 0.15) is 4.21 Å². The molecule has 0 radical (unpaired) electrons. The van der Waals surface area contributed by atoms with Gasteiger partial charge in [-0.3, -0.25) is 10.1 Å². The molecule has 0 saturated carbocycles. The maximum atomic E-state index is 11.9. The molecule has 0 spiro atoms. The SMILES string of the molecule is CSC(C)CNS(=O)(=O)c1cc([N+](=O)[O-])c(N)s1. The van der Waals surface area contributed by atoms with Crippen molar-refractivity contribution in [2.24, 2.45) is 0 Å². The standard InChI is InChI=1S/C8H13N3O4S3/c1-5(16-2)4-10-18(14,15)7-3-6(11(12)13)8(9)17-7/h3,5,10H,4,9H2,1-2H3. The third kappa shape index (κ3) is 3.57. The second-order valence-corrected chi connectivity index (χ2v) is 7.82. The van der Waals surface area contributed by atoms with Crippen LogP contribution in [0.1, 0.15) is 6.92 Å². The van der Waals surface area contributed by atoms with Gasteiger partial charge in [-0.15, -0.1) is 0 Å². The van der Waals surface area contributed by atoms with Crippen molar-refractivity contribution in [1.82, 2.24) is 4.72 Å². The quantitative estimate of drug-likeness (QED) is 0.604. The Balaban J connectivity index is 2.92. The van der Waals surface area contributed by atoms with Crippen molar-refractivity contribution in [3.05, 3.63) is 16.2 Å². The molecule has 0 saturated heterocycles. The highest BCUT2D eigenvalue weighted by Crippen LogP contribution is 2.34. The third-order valence-corrected chi connectivity index (χ3v) is 5.96.